The molecule has 18 heavy (non-hydrogen) atoms. The second-order valence-corrected chi connectivity index (χ2v) is 4.83. The minimum atomic E-state index is 0.116. The van der Waals surface area contributed by atoms with E-state index in [0.29, 0.717) is 22.9 Å². The van der Waals surface area contributed by atoms with Gasteiger partial charge in [-0.1, -0.05) is 35.3 Å². The van der Waals surface area contributed by atoms with Crippen LogP contribution in [0.1, 0.15) is 11.1 Å². The quantitative estimate of drug-likeness (QED) is 0.853. The van der Waals surface area contributed by atoms with Crippen molar-refractivity contribution in [1.29, 1.82) is 0 Å². The Morgan fingerprint density at radius 2 is 1.78 bits per heavy atom. The van der Waals surface area contributed by atoms with Crippen molar-refractivity contribution >= 4 is 29.0 Å². The number of carbonyl (C=O) groups is 1. The van der Waals surface area contributed by atoms with Crippen LogP contribution >= 0.6 is 23.2 Å². The van der Waals surface area contributed by atoms with E-state index in [-0.39, 0.29) is 5.78 Å². The molecule has 0 bridgehead atoms. The van der Waals surface area contributed by atoms with Gasteiger partial charge in [-0.2, -0.15) is 0 Å². The summed E-state index contributed by atoms with van der Waals surface area (Å²) in [6, 6.07) is 9.04. The fourth-order valence-electron chi connectivity index (χ4n) is 1.65. The maximum Gasteiger partial charge on any atom is 0.141 e. The Balaban J connectivity index is 2.01. The Morgan fingerprint density at radius 1 is 1.06 bits per heavy atom. The predicted octanol–water partition coefficient (Wildman–Crippen LogP) is 3.74. The number of hydrogen-bond acceptors (Lipinski definition) is 2. The molecule has 1 heterocycles. The molecule has 2 nitrogen and oxygen atoms in total. The van der Waals surface area contributed by atoms with Crippen LogP contribution in [-0.4, -0.2) is 10.8 Å². The van der Waals surface area contributed by atoms with Crippen molar-refractivity contribution in [2.24, 2.45) is 0 Å². The zero-order valence-corrected chi connectivity index (χ0v) is 11.1. The van der Waals surface area contributed by atoms with Gasteiger partial charge in [0.2, 0.25) is 0 Å². The number of benzene rings is 1. The van der Waals surface area contributed by atoms with E-state index in [0.717, 1.165) is 11.1 Å². The third-order valence-corrected chi connectivity index (χ3v) is 3.15. The highest BCUT2D eigenvalue weighted by Gasteiger charge is 2.08. The van der Waals surface area contributed by atoms with Crippen LogP contribution < -0.4 is 0 Å². The molecule has 0 unspecified atom stereocenters. The molecule has 2 aromatic rings. The highest BCUT2D eigenvalue weighted by molar-refractivity contribution is 6.31. The van der Waals surface area contributed by atoms with Crippen molar-refractivity contribution in [3.63, 3.8) is 0 Å². The standard InChI is InChI=1S/C14H11Cl2NO/c15-12-3-1-10(2-4-12)7-13(18)8-11-5-6-17-9-14(11)16/h1-6,9H,7-8H2. The van der Waals surface area contributed by atoms with Crippen molar-refractivity contribution in [1.82, 2.24) is 4.98 Å². The minimum Gasteiger partial charge on any atom is -0.299 e. The Hall–Kier alpha value is -1.38. The lowest BCUT2D eigenvalue weighted by Crippen LogP contribution is -2.07. The summed E-state index contributed by atoms with van der Waals surface area (Å²) in [4.78, 5) is 15.8. The van der Waals surface area contributed by atoms with Crippen molar-refractivity contribution < 1.29 is 4.79 Å². The predicted molar refractivity (Wildman–Crippen MR) is 73.1 cm³/mol. The van der Waals surface area contributed by atoms with E-state index in [1.807, 2.05) is 12.1 Å². The van der Waals surface area contributed by atoms with Crippen LogP contribution in [0.25, 0.3) is 0 Å². The molecule has 0 atom stereocenters. The maximum atomic E-state index is 11.9. The third-order valence-electron chi connectivity index (χ3n) is 2.56. The first-order valence-electron chi connectivity index (χ1n) is 5.49. The molecule has 0 saturated carbocycles. The van der Waals surface area contributed by atoms with Crippen molar-refractivity contribution in [2.75, 3.05) is 0 Å². The molecule has 1 aromatic heterocycles. The van der Waals surface area contributed by atoms with Gasteiger partial charge in [-0.3, -0.25) is 9.78 Å². The van der Waals surface area contributed by atoms with Gasteiger partial charge < -0.3 is 0 Å². The number of nitrogens with zero attached hydrogens (tertiary/aromatic N) is 1. The normalized spacial score (nSPS) is 10.3. The molecule has 0 amide bonds. The average molecular weight is 280 g/mol. The van der Waals surface area contributed by atoms with Gasteiger partial charge in [0.25, 0.3) is 0 Å². The maximum absolute atomic E-state index is 11.9. The summed E-state index contributed by atoms with van der Waals surface area (Å²) in [6.07, 6.45) is 3.89. The molecule has 0 spiro atoms. The molecular formula is C14H11Cl2NO. The van der Waals surface area contributed by atoms with E-state index < -0.39 is 0 Å². The lowest BCUT2D eigenvalue weighted by Gasteiger charge is -2.03. The molecule has 2 rings (SSSR count). The highest BCUT2D eigenvalue weighted by Crippen LogP contribution is 2.16. The first-order valence-corrected chi connectivity index (χ1v) is 6.25. The highest BCUT2D eigenvalue weighted by atomic mass is 35.5. The van der Waals surface area contributed by atoms with Crippen LogP contribution in [0.15, 0.2) is 42.7 Å². The number of hydrogen-bond donors (Lipinski definition) is 0. The molecule has 0 N–H and O–H groups in total. The van der Waals surface area contributed by atoms with E-state index >= 15 is 0 Å². The Kier molecular flexibility index (Phi) is 4.34. The van der Waals surface area contributed by atoms with Gasteiger partial charge in [-0.15, -0.1) is 0 Å². The number of carbonyl (C=O) groups excluding carboxylic acids is 1. The van der Waals surface area contributed by atoms with Crippen LogP contribution in [0, 0.1) is 0 Å². The molecule has 0 aliphatic carbocycles. The van der Waals surface area contributed by atoms with Gasteiger partial charge in [0.1, 0.15) is 5.78 Å². The fourth-order valence-corrected chi connectivity index (χ4v) is 1.96. The second-order valence-electron chi connectivity index (χ2n) is 3.99. The second kappa shape index (κ2) is 5.98. The average Bonchev–Trinajstić information content (AvgIpc) is 2.35. The molecule has 0 fully saturated rings. The van der Waals surface area contributed by atoms with Crippen LogP contribution in [0.5, 0.6) is 0 Å². The summed E-state index contributed by atoms with van der Waals surface area (Å²) in [7, 11) is 0. The number of pyridine rings is 1. The number of Topliss-reactive ketones (excluding diaryl/α,β-unsaturated/α-hetero) is 1. The molecule has 0 radical (unpaired) electrons. The number of aromatic nitrogens is 1. The van der Waals surface area contributed by atoms with Gasteiger partial charge in [-0.25, -0.2) is 0 Å². The summed E-state index contributed by atoms with van der Waals surface area (Å²) in [5.74, 6) is 0.116. The van der Waals surface area contributed by atoms with Crippen molar-refractivity contribution in [3.05, 3.63) is 63.9 Å². The van der Waals surface area contributed by atoms with Gasteiger partial charge >= 0.3 is 0 Å². The summed E-state index contributed by atoms with van der Waals surface area (Å²) < 4.78 is 0. The van der Waals surface area contributed by atoms with Crippen molar-refractivity contribution in [2.45, 2.75) is 12.8 Å². The molecule has 1 aromatic carbocycles. The summed E-state index contributed by atoms with van der Waals surface area (Å²) in [5.41, 5.74) is 1.76. The monoisotopic (exact) mass is 279 g/mol. The molecule has 4 heteroatoms. The fraction of sp³-hybridized carbons (Fsp3) is 0.143. The molecular weight excluding hydrogens is 269 g/mol. The van der Waals surface area contributed by atoms with E-state index in [9.17, 15) is 4.79 Å². The summed E-state index contributed by atoms with van der Waals surface area (Å²) in [6.45, 7) is 0. The lowest BCUT2D eigenvalue weighted by atomic mass is 10.0. The van der Waals surface area contributed by atoms with E-state index in [1.165, 1.54) is 0 Å². The van der Waals surface area contributed by atoms with Crippen LogP contribution in [0.2, 0.25) is 10.0 Å². The topological polar surface area (TPSA) is 30.0 Å². The first-order chi connectivity index (χ1) is 8.65. The molecule has 0 saturated heterocycles. The van der Waals surface area contributed by atoms with Crippen LogP contribution in [0.3, 0.4) is 0 Å². The van der Waals surface area contributed by atoms with Gasteiger partial charge in [0, 0.05) is 30.3 Å². The number of halogens is 2. The molecule has 92 valence electrons. The van der Waals surface area contributed by atoms with Gasteiger partial charge in [0.05, 0.1) is 5.02 Å². The smallest absolute Gasteiger partial charge is 0.141 e. The zero-order valence-electron chi connectivity index (χ0n) is 9.57. The Morgan fingerprint density at radius 3 is 2.44 bits per heavy atom. The van der Waals surface area contributed by atoms with Crippen molar-refractivity contribution in [3.8, 4) is 0 Å². The summed E-state index contributed by atoms with van der Waals surface area (Å²) >= 11 is 11.7. The Labute approximate surface area is 116 Å². The van der Waals surface area contributed by atoms with E-state index in [2.05, 4.69) is 4.98 Å². The number of ketones is 1. The molecule has 0 aliphatic heterocycles. The van der Waals surface area contributed by atoms with Crippen LogP contribution in [0.4, 0.5) is 0 Å². The first kappa shape index (κ1) is 13.1. The minimum absolute atomic E-state index is 0.116. The van der Waals surface area contributed by atoms with Gasteiger partial charge in [-0.05, 0) is 29.3 Å². The largest absolute Gasteiger partial charge is 0.299 e. The Bertz CT molecular complexity index is 552. The summed E-state index contributed by atoms with van der Waals surface area (Å²) in [5, 5.41) is 1.20. The molecule has 0 aliphatic rings. The number of rotatable bonds is 4. The zero-order chi connectivity index (χ0) is 13.0. The van der Waals surface area contributed by atoms with Gasteiger partial charge in [0.15, 0.2) is 0 Å². The van der Waals surface area contributed by atoms with Crippen LogP contribution in [-0.2, 0) is 17.6 Å². The van der Waals surface area contributed by atoms with E-state index in [1.54, 1.807) is 30.6 Å². The van der Waals surface area contributed by atoms with E-state index in [4.69, 9.17) is 23.2 Å². The SMILES string of the molecule is O=C(Cc1ccc(Cl)cc1)Cc1ccncc1Cl. The third kappa shape index (κ3) is 3.56. The lowest BCUT2D eigenvalue weighted by molar-refractivity contribution is -0.117.